The van der Waals surface area contributed by atoms with Gasteiger partial charge in [0.05, 0.1) is 18.8 Å². The number of pyridine rings is 1. The number of H-pyrrole nitrogens is 1. The molecule has 0 bridgehead atoms. The van der Waals surface area contributed by atoms with Crippen LogP contribution < -0.4 is 0 Å². The smallest absolute Gasteiger partial charge is 0.255 e. The van der Waals surface area contributed by atoms with Crippen LogP contribution in [0, 0.1) is 12.8 Å². The van der Waals surface area contributed by atoms with Crippen LogP contribution in [0.2, 0.25) is 0 Å². The Labute approximate surface area is 153 Å². The van der Waals surface area contributed by atoms with Crippen molar-refractivity contribution in [2.75, 3.05) is 26.3 Å². The van der Waals surface area contributed by atoms with E-state index in [1.54, 1.807) is 6.20 Å². The number of carbonyl (C=O) groups is 1. The summed E-state index contributed by atoms with van der Waals surface area (Å²) in [4.78, 5) is 22.2. The first-order chi connectivity index (χ1) is 12.7. The number of nitrogens with zero attached hydrogens (tertiary/aromatic N) is 2. The van der Waals surface area contributed by atoms with Crippen LogP contribution in [0.3, 0.4) is 0 Å². The highest BCUT2D eigenvalue weighted by Gasteiger charge is 2.24. The van der Waals surface area contributed by atoms with Crippen molar-refractivity contribution >= 4 is 16.8 Å². The van der Waals surface area contributed by atoms with E-state index < -0.39 is 0 Å². The Hall–Kier alpha value is -2.66. The third kappa shape index (κ3) is 3.63. The van der Waals surface area contributed by atoms with Crippen molar-refractivity contribution in [1.29, 1.82) is 0 Å². The summed E-state index contributed by atoms with van der Waals surface area (Å²) in [5.74, 6) is 0.324. The number of carbonyl (C=O) groups excluding carboxylic acids is 1. The van der Waals surface area contributed by atoms with Gasteiger partial charge < -0.3 is 14.6 Å². The maximum absolute atomic E-state index is 12.8. The number of ether oxygens (including phenoxy) is 1. The molecule has 0 saturated carbocycles. The molecule has 1 aliphatic heterocycles. The number of nitrogens with one attached hydrogen (secondary N) is 1. The van der Waals surface area contributed by atoms with Gasteiger partial charge in [0.25, 0.3) is 5.91 Å². The van der Waals surface area contributed by atoms with Crippen LogP contribution in [-0.4, -0.2) is 47.1 Å². The molecule has 4 rings (SSSR count). The van der Waals surface area contributed by atoms with Gasteiger partial charge in [0.2, 0.25) is 0 Å². The van der Waals surface area contributed by atoms with Crippen molar-refractivity contribution in [1.82, 2.24) is 14.9 Å². The highest BCUT2D eigenvalue weighted by molar-refractivity contribution is 5.94. The number of aromatic nitrogens is 2. The van der Waals surface area contributed by atoms with Gasteiger partial charge in [0.1, 0.15) is 0 Å². The van der Waals surface area contributed by atoms with Crippen LogP contribution in [0.5, 0.6) is 0 Å². The summed E-state index contributed by atoms with van der Waals surface area (Å²) in [6.07, 6.45) is 4.52. The lowest BCUT2D eigenvalue weighted by atomic mass is 9.98. The first kappa shape index (κ1) is 16.8. The van der Waals surface area contributed by atoms with Gasteiger partial charge in [-0.2, -0.15) is 0 Å². The molecule has 2 aromatic heterocycles. The minimum Gasteiger partial charge on any atom is -0.379 e. The highest BCUT2D eigenvalue weighted by Crippen LogP contribution is 2.20. The van der Waals surface area contributed by atoms with Crippen molar-refractivity contribution in [3.05, 3.63) is 65.6 Å². The fourth-order valence-corrected chi connectivity index (χ4v) is 3.53. The topological polar surface area (TPSA) is 58.2 Å². The first-order valence-electron chi connectivity index (χ1n) is 9.05. The standard InChI is InChI=1S/C21H23N3O2/c1-15-2-4-19(12-23-15)21(25)24-8-9-26-14-17(13-24)10-16-3-5-20-18(11-16)6-7-22-20/h2-7,11-12,17,22H,8-10,13-14H2,1H3/t17-/m0/s1. The molecule has 0 aliphatic carbocycles. The first-order valence-corrected chi connectivity index (χ1v) is 9.05. The van der Waals surface area contributed by atoms with E-state index in [0.29, 0.717) is 31.9 Å². The Morgan fingerprint density at radius 3 is 3.08 bits per heavy atom. The van der Waals surface area contributed by atoms with Gasteiger partial charge >= 0.3 is 0 Å². The molecule has 1 saturated heterocycles. The van der Waals surface area contributed by atoms with Crippen LogP contribution in [0.15, 0.2) is 48.8 Å². The van der Waals surface area contributed by atoms with Crippen molar-refractivity contribution in [2.24, 2.45) is 5.92 Å². The number of rotatable bonds is 3. The second-order valence-electron chi connectivity index (χ2n) is 6.98. The molecule has 5 heteroatoms. The minimum atomic E-state index is 0.0362. The fourth-order valence-electron chi connectivity index (χ4n) is 3.53. The summed E-state index contributed by atoms with van der Waals surface area (Å²) in [6, 6.07) is 12.3. The molecule has 0 radical (unpaired) electrons. The Bertz CT molecular complexity index is 901. The Balaban J connectivity index is 1.48. The molecule has 3 heterocycles. The lowest BCUT2D eigenvalue weighted by Gasteiger charge is -2.23. The van der Waals surface area contributed by atoms with Crippen LogP contribution in [0.4, 0.5) is 0 Å². The van der Waals surface area contributed by atoms with E-state index in [1.165, 1.54) is 10.9 Å². The molecule has 1 aromatic carbocycles. The lowest BCUT2D eigenvalue weighted by Crippen LogP contribution is -2.36. The summed E-state index contributed by atoms with van der Waals surface area (Å²) in [6.45, 7) is 4.52. The van der Waals surface area contributed by atoms with Crippen LogP contribution in [0.1, 0.15) is 21.6 Å². The summed E-state index contributed by atoms with van der Waals surface area (Å²) in [7, 11) is 0. The molecule has 1 aliphatic rings. The van der Waals surface area contributed by atoms with Crippen LogP contribution >= 0.6 is 0 Å². The van der Waals surface area contributed by atoms with Crippen molar-refractivity contribution in [3.63, 3.8) is 0 Å². The number of hydrogen-bond acceptors (Lipinski definition) is 3. The molecule has 0 unspecified atom stereocenters. The van der Waals surface area contributed by atoms with Gasteiger partial charge in [-0.3, -0.25) is 9.78 Å². The van der Waals surface area contributed by atoms with E-state index >= 15 is 0 Å². The van der Waals surface area contributed by atoms with Gasteiger partial charge in [0, 0.05) is 42.6 Å². The van der Waals surface area contributed by atoms with Crippen molar-refractivity contribution < 1.29 is 9.53 Å². The molecule has 0 spiro atoms. The number of amides is 1. The summed E-state index contributed by atoms with van der Waals surface area (Å²) >= 11 is 0. The third-order valence-corrected chi connectivity index (χ3v) is 4.93. The SMILES string of the molecule is Cc1ccc(C(=O)N2CCOC[C@@H](Cc3ccc4[nH]ccc4c3)C2)cn1. The number of aromatic amines is 1. The monoisotopic (exact) mass is 349 g/mol. The quantitative estimate of drug-likeness (QED) is 0.790. The van der Waals surface area contributed by atoms with Gasteiger partial charge in [-0.1, -0.05) is 6.07 Å². The number of hydrogen-bond donors (Lipinski definition) is 1. The normalized spacial score (nSPS) is 18.0. The zero-order valence-electron chi connectivity index (χ0n) is 14.9. The van der Waals surface area contributed by atoms with E-state index in [-0.39, 0.29) is 11.8 Å². The van der Waals surface area contributed by atoms with Gasteiger partial charge in [-0.05, 0) is 54.6 Å². The van der Waals surface area contributed by atoms with Crippen molar-refractivity contribution in [3.8, 4) is 0 Å². The number of fused-ring (bicyclic) bond motifs is 1. The average molecular weight is 349 g/mol. The summed E-state index contributed by atoms with van der Waals surface area (Å²) in [5, 5.41) is 1.22. The van der Waals surface area contributed by atoms with E-state index in [9.17, 15) is 4.79 Å². The average Bonchev–Trinajstić information content (AvgIpc) is 2.99. The van der Waals surface area contributed by atoms with Crippen LogP contribution in [-0.2, 0) is 11.2 Å². The molecule has 26 heavy (non-hydrogen) atoms. The van der Waals surface area contributed by atoms with Gasteiger partial charge in [0.15, 0.2) is 0 Å². The molecule has 134 valence electrons. The van der Waals surface area contributed by atoms with Gasteiger partial charge in [-0.25, -0.2) is 0 Å². The summed E-state index contributed by atoms with van der Waals surface area (Å²) in [5.41, 5.74) is 3.98. The van der Waals surface area contributed by atoms with Crippen molar-refractivity contribution in [2.45, 2.75) is 13.3 Å². The molecule has 1 N–H and O–H groups in total. The maximum atomic E-state index is 12.8. The lowest BCUT2D eigenvalue weighted by molar-refractivity contribution is 0.0737. The molecular formula is C21H23N3O2. The fraction of sp³-hybridized carbons (Fsp3) is 0.333. The highest BCUT2D eigenvalue weighted by atomic mass is 16.5. The molecular weight excluding hydrogens is 326 g/mol. The van der Waals surface area contributed by atoms with Gasteiger partial charge in [-0.15, -0.1) is 0 Å². The zero-order chi connectivity index (χ0) is 17.9. The molecule has 3 aromatic rings. The molecule has 5 nitrogen and oxygen atoms in total. The van der Waals surface area contributed by atoms with E-state index in [4.69, 9.17) is 4.74 Å². The zero-order valence-corrected chi connectivity index (χ0v) is 14.9. The van der Waals surface area contributed by atoms with E-state index in [0.717, 1.165) is 17.6 Å². The Kier molecular flexibility index (Phi) is 4.71. The molecule has 1 atom stereocenters. The van der Waals surface area contributed by atoms with E-state index in [2.05, 4.69) is 34.2 Å². The minimum absolute atomic E-state index is 0.0362. The Morgan fingerprint density at radius 1 is 1.31 bits per heavy atom. The number of aryl methyl sites for hydroxylation is 1. The third-order valence-electron chi connectivity index (χ3n) is 4.93. The Morgan fingerprint density at radius 2 is 2.23 bits per heavy atom. The molecule has 1 fully saturated rings. The summed E-state index contributed by atoms with van der Waals surface area (Å²) < 4.78 is 5.77. The van der Waals surface area contributed by atoms with E-state index in [1.807, 2.05) is 30.2 Å². The number of benzene rings is 1. The maximum Gasteiger partial charge on any atom is 0.255 e. The second kappa shape index (κ2) is 7.30. The van der Waals surface area contributed by atoms with Crippen LogP contribution in [0.25, 0.3) is 10.9 Å². The largest absolute Gasteiger partial charge is 0.379 e. The predicted octanol–water partition coefficient (Wildman–Crippen LogP) is 3.20. The predicted molar refractivity (Wildman–Crippen MR) is 101 cm³/mol. The molecule has 1 amide bonds. The second-order valence-corrected chi connectivity index (χ2v) is 6.98.